The number of rotatable bonds is 6. The van der Waals surface area contributed by atoms with Crippen LogP contribution in [0.2, 0.25) is 0 Å². The lowest BCUT2D eigenvalue weighted by Crippen LogP contribution is -2.33. The summed E-state index contributed by atoms with van der Waals surface area (Å²) in [5.41, 5.74) is 2.42. The van der Waals surface area contributed by atoms with Crippen LogP contribution in [0.25, 0.3) is 5.65 Å². The molecule has 0 aliphatic carbocycles. The Morgan fingerprint density at radius 3 is 2.63 bits per heavy atom. The van der Waals surface area contributed by atoms with Crippen LogP contribution in [0, 0.1) is 6.92 Å². The van der Waals surface area contributed by atoms with Gasteiger partial charge in [-0.1, -0.05) is 0 Å². The lowest BCUT2D eigenvalue weighted by Gasteiger charge is -2.28. The highest BCUT2D eigenvalue weighted by Gasteiger charge is 2.19. The number of hydrogen-bond donors (Lipinski definition) is 2. The van der Waals surface area contributed by atoms with E-state index in [0.29, 0.717) is 5.65 Å². The number of aromatic nitrogens is 2. The zero-order valence-electron chi connectivity index (χ0n) is 16.2. The van der Waals surface area contributed by atoms with Crippen molar-refractivity contribution in [2.45, 2.75) is 58.5 Å². The van der Waals surface area contributed by atoms with E-state index in [1.54, 1.807) is 10.5 Å². The molecule has 0 aromatic carbocycles. The van der Waals surface area contributed by atoms with Crippen molar-refractivity contribution in [3.63, 3.8) is 0 Å². The smallest absolute Gasteiger partial charge is 0.304 e. The van der Waals surface area contributed by atoms with Crippen molar-refractivity contribution in [1.82, 2.24) is 14.7 Å². The number of nitrogens with zero attached hydrogens (tertiary/aromatic N) is 3. The molecule has 146 valence electrons. The molecule has 1 aliphatic heterocycles. The Morgan fingerprint density at radius 1 is 1.26 bits per heavy atom. The minimum absolute atomic E-state index is 0.0422. The summed E-state index contributed by atoms with van der Waals surface area (Å²) in [4.78, 5) is 30.7. The van der Waals surface area contributed by atoms with Crippen LogP contribution in [0.15, 0.2) is 23.1 Å². The Hall–Kier alpha value is -2.41. The van der Waals surface area contributed by atoms with E-state index in [1.807, 2.05) is 33.0 Å². The third-order valence-electron chi connectivity index (χ3n) is 5.07. The van der Waals surface area contributed by atoms with Gasteiger partial charge in [0.1, 0.15) is 11.5 Å². The van der Waals surface area contributed by atoms with Crippen LogP contribution in [0.5, 0.6) is 0 Å². The van der Waals surface area contributed by atoms with E-state index in [4.69, 9.17) is 10.1 Å². The first kappa shape index (κ1) is 19.4. The van der Waals surface area contributed by atoms with Gasteiger partial charge in [-0.15, -0.1) is 0 Å². The van der Waals surface area contributed by atoms with Crippen molar-refractivity contribution in [1.29, 1.82) is 0 Å². The number of nitrogens with one attached hydrogen (secondary N) is 1. The predicted molar refractivity (Wildman–Crippen MR) is 106 cm³/mol. The molecule has 7 nitrogen and oxygen atoms in total. The van der Waals surface area contributed by atoms with Crippen LogP contribution in [0.3, 0.4) is 0 Å². The van der Waals surface area contributed by atoms with Gasteiger partial charge in [-0.3, -0.25) is 14.0 Å². The molecule has 2 N–H and O–H groups in total. The summed E-state index contributed by atoms with van der Waals surface area (Å²) in [6, 6.07) is 3.33. The topological polar surface area (TPSA) is 86.9 Å². The summed E-state index contributed by atoms with van der Waals surface area (Å²) >= 11 is 0. The molecule has 1 fully saturated rings. The third kappa shape index (κ3) is 4.47. The first-order valence-corrected chi connectivity index (χ1v) is 9.62. The summed E-state index contributed by atoms with van der Waals surface area (Å²) in [7, 11) is 0. The molecule has 2 atom stereocenters. The van der Waals surface area contributed by atoms with Crippen LogP contribution < -0.4 is 15.8 Å². The van der Waals surface area contributed by atoms with E-state index in [0.717, 1.165) is 42.9 Å². The fraction of sp³-hybridized carbons (Fsp3) is 0.550. The maximum Gasteiger partial charge on any atom is 0.304 e. The number of carbonyl (C=O) groups is 1. The van der Waals surface area contributed by atoms with Crippen molar-refractivity contribution in [2.75, 3.05) is 18.0 Å². The van der Waals surface area contributed by atoms with Gasteiger partial charge < -0.3 is 15.3 Å². The number of carboxylic acids is 1. The molecule has 27 heavy (non-hydrogen) atoms. The van der Waals surface area contributed by atoms with Gasteiger partial charge in [-0.25, -0.2) is 4.98 Å². The maximum absolute atomic E-state index is 12.7. The fourth-order valence-corrected chi connectivity index (χ4v) is 3.80. The summed E-state index contributed by atoms with van der Waals surface area (Å²) in [5.74, 6) is -0.103. The number of anilines is 1. The zero-order chi connectivity index (χ0) is 19.6. The average molecular weight is 372 g/mol. The first-order valence-electron chi connectivity index (χ1n) is 9.62. The predicted octanol–water partition coefficient (Wildman–Crippen LogP) is 2.51. The van der Waals surface area contributed by atoms with Crippen LogP contribution in [0.1, 0.15) is 56.7 Å². The lowest BCUT2D eigenvalue weighted by molar-refractivity contribution is -0.137. The fourth-order valence-electron chi connectivity index (χ4n) is 3.80. The second-order valence-corrected chi connectivity index (χ2v) is 7.55. The van der Waals surface area contributed by atoms with E-state index in [9.17, 15) is 9.59 Å². The van der Waals surface area contributed by atoms with Crippen molar-refractivity contribution < 1.29 is 9.90 Å². The average Bonchev–Trinajstić information content (AvgIpc) is 2.61. The van der Waals surface area contributed by atoms with Crippen LogP contribution in [-0.2, 0) is 4.79 Å². The van der Waals surface area contributed by atoms with Gasteiger partial charge >= 0.3 is 5.97 Å². The van der Waals surface area contributed by atoms with Crippen molar-refractivity contribution in [3.8, 4) is 0 Å². The molecule has 0 spiro atoms. The third-order valence-corrected chi connectivity index (χ3v) is 5.07. The van der Waals surface area contributed by atoms with Gasteiger partial charge in [-0.2, -0.15) is 0 Å². The number of piperidine rings is 1. The molecular formula is C20H28N4O3. The highest BCUT2D eigenvalue weighted by atomic mass is 16.4. The van der Waals surface area contributed by atoms with Gasteiger partial charge in [0.05, 0.1) is 6.42 Å². The van der Waals surface area contributed by atoms with Gasteiger partial charge in [0.2, 0.25) is 0 Å². The van der Waals surface area contributed by atoms with Crippen LogP contribution in [-0.4, -0.2) is 39.6 Å². The van der Waals surface area contributed by atoms with Crippen molar-refractivity contribution in [2.24, 2.45) is 0 Å². The quantitative estimate of drug-likeness (QED) is 0.810. The number of aryl methyl sites for hydroxylation is 1. The number of carboxylic acid groups (broad SMARTS) is 1. The molecule has 3 heterocycles. The SMILES string of the molecule is Cc1cc(C(C)NC(C)CC(=O)O)c2nc(N3CCCCC3)cc(=O)n2c1. The number of pyridine rings is 1. The molecule has 0 saturated carbocycles. The highest BCUT2D eigenvalue weighted by Crippen LogP contribution is 2.23. The van der Waals surface area contributed by atoms with Crippen LogP contribution >= 0.6 is 0 Å². The molecule has 1 aliphatic rings. The van der Waals surface area contributed by atoms with Gasteiger partial charge in [0.15, 0.2) is 0 Å². The number of aliphatic carboxylic acids is 1. The Labute approximate surface area is 159 Å². The second kappa shape index (κ2) is 8.08. The normalized spacial score (nSPS) is 17.1. The summed E-state index contributed by atoms with van der Waals surface area (Å²) in [6.45, 7) is 7.62. The Morgan fingerprint density at radius 2 is 1.96 bits per heavy atom. The minimum Gasteiger partial charge on any atom is -0.481 e. The van der Waals surface area contributed by atoms with E-state index < -0.39 is 5.97 Å². The highest BCUT2D eigenvalue weighted by molar-refractivity contribution is 5.67. The molecule has 3 rings (SSSR count). The molecule has 1 saturated heterocycles. The molecular weight excluding hydrogens is 344 g/mol. The Kier molecular flexibility index (Phi) is 5.79. The van der Waals surface area contributed by atoms with E-state index in [2.05, 4.69) is 10.2 Å². The first-order chi connectivity index (χ1) is 12.8. The molecule has 2 aromatic heterocycles. The van der Waals surface area contributed by atoms with Gasteiger partial charge in [0, 0.05) is 43.0 Å². The summed E-state index contributed by atoms with van der Waals surface area (Å²) < 4.78 is 1.60. The van der Waals surface area contributed by atoms with Crippen molar-refractivity contribution >= 4 is 17.4 Å². The molecule has 7 heteroatoms. The molecule has 0 radical (unpaired) electrons. The number of fused-ring (bicyclic) bond motifs is 1. The minimum atomic E-state index is -0.835. The Bertz CT molecular complexity index is 887. The van der Waals surface area contributed by atoms with Gasteiger partial charge in [-0.05, 0) is 51.7 Å². The lowest BCUT2D eigenvalue weighted by atomic mass is 10.1. The Balaban J connectivity index is 2.01. The molecule has 0 bridgehead atoms. The monoisotopic (exact) mass is 372 g/mol. The van der Waals surface area contributed by atoms with Gasteiger partial charge in [0.25, 0.3) is 5.56 Å². The van der Waals surface area contributed by atoms with E-state index in [-0.39, 0.29) is 24.1 Å². The summed E-state index contributed by atoms with van der Waals surface area (Å²) in [5, 5.41) is 12.3. The zero-order valence-corrected chi connectivity index (χ0v) is 16.2. The molecule has 2 aromatic rings. The molecule has 2 unspecified atom stereocenters. The van der Waals surface area contributed by atoms with E-state index in [1.165, 1.54) is 6.42 Å². The number of hydrogen-bond acceptors (Lipinski definition) is 5. The van der Waals surface area contributed by atoms with E-state index >= 15 is 0 Å². The largest absolute Gasteiger partial charge is 0.481 e. The summed E-state index contributed by atoms with van der Waals surface area (Å²) in [6.07, 6.45) is 5.30. The molecule has 0 amide bonds. The maximum atomic E-state index is 12.7. The second-order valence-electron chi connectivity index (χ2n) is 7.55. The van der Waals surface area contributed by atoms with Crippen molar-refractivity contribution in [3.05, 3.63) is 39.8 Å². The van der Waals surface area contributed by atoms with Crippen LogP contribution in [0.4, 0.5) is 5.82 Å². The standard InChI is InChI=1S/C20H28N4O3/c1-13-9-16(15(3)21-14(2)10-19(26)27)20-22-17(11-18(25)24(20)12-13)23-7-5-4-6-8-23/h9,11-12,14-15,21H,4-8,10H2,1-3H3,(H,26,27).